The van der Waals surface area contributed by atoms with E-state index in [-0.39, 0.29) is 6.04 Å². The van der Waals surface area contributed by atoms with Crippen molar-refractivity contribution in [1.82, 2.24) is 0 Å². The second-order valence-corrected chi connectivity index (χ2v) is 3.47. The number of benzene rings is 1. The average molecular weight is 179 g/mol. The number of hydrogen-bond acceptors (Lipinski definition) is 2. The Hall–Kier alpha value is -1.02. The van der Waals surface area contributed by atoms with Crippen LogP contribution in [0.25, 0.3) is 0 Å². The molecule has 0 fully saturated rings. The smallest absolute Gasteiger partial charge is 0.119 e. The van der Waals surface area contributed by atoms with Crippen molar-refractivity contribution in [2.75, 3.05) is 7.11 Å². The molecule has 0 heterocycles. The van der Waals surface area contributed by atoms with Crippen molar-refractivity contribution in [2.45, 2.75) is 26.3 Å². The van der Waals surface area contributed by atoms with E-state index in [2.05, 4.69) is 13.0 Å². The number of rotatable bonds is 3. The zero-order valence-electron chi connectivity index (χ0n) is 8.50. The fourth-order valence-corrected chi connectivity index (χ4v) is 1.37. The van der Waals surface area contributed by atoms with E-state index in [0.29, 0.717) is 0 Å². The maximum atomic E-state index is 5.73. The van der Waals surface area contributed by atoms with Gasteiger partial charge in [-0.1, -0.05) is 6.07 Å². The van der Waals surface area contributed by atoms with E-state index >= 15 is 0 Å². The molecule has 0 saturated carbocycles. The molecule has 0 aliphatic carbocycles. The molecule has 0 spiro atoms. The zero-order valence-corrected chi connectivity index (χ0v) is 8.50. The van der Waals surface area contributed by atoms with Crippen LogP contribution in [-0.2, 0) is 6.42 Å². The van der Waals surface area contributed by atoms with Gasteiger partial charge in [0.1, 0.15) is 5.75 Å². The SMILES string of the molecule is COc1ccc(C[C@@H](C)N)c(C)c1. The lowest BCUT2D eigenvalue weighted by molar-refractivity contribution is 0.414. The number of nitrogens with two attached hydrogens (primary N) is 1. The minimum absolute atomic E-state index is 0.215. The Morgan fingerprint density at radius 2 is 2.15 bits per heavy atom. The zero-order chi connectivity index (χ0) is 9.84. The predicted molar refractivity (Wildman–Crippen MR) is 55.1 cm³/mol. The molecule has 0 aromatic heterocycles. The molecule has 0 aliphatic rings. The molecule has 1 rings (SSSR count). The van der Waals surface area contributed by atoms with Gasteiger partial charge in [-0.15, -0.1) is 0 Å². The molecule has 72 valence electrons. The van der Waals surface area contributed by atoms with Crippen LogP contribution in [0.1, 0.15) is 18.1 Å². The maximum Gasteiger partial charge on any atom is 0.119 e. The molecule has 1 aromatic carbocycles. The highest BCUT2D eigenvalue weighted by atomic mass is 16.5. The van der Waals surface area contributed by atoms with Gasteiger partial charge in [-0.3, -0.25) is 0 Å². The molecule has 0 saturated heterocycles. The first kappa shape index (κ1) is 10.1. The summed E-state index contributed by atoms with van der Waals surface area (Å²) >= 11 is 0. The standard InChI is InChI=1S/C11H17NO/c1-8-6-11(13-3)5-4-10(8)7-9(2)12/h4-6,9H,7,12H2,1-3H3/t9-/m1/s1. The predicted octanol–water partition coefficient (Wildman–Crippen LogP) is 1.89. The third-order valence-electron chi connectivity index (χ3n) is 2.09. The Balaban J connectivity index is 2.85. The van der Waals surface area contributed by atoms with Crippen molar-refractivity contribution in [3.8, 4) is 5.75 Å². The lowest BCUT2D eigenvalue weighted by Gasteiger charge is -2.09. The maximum absolute atomic E-state index is 5.73. The summed E-state index contributed by atoms with van der Waals surface area (Å²) in [5, 5.41) is 0. The highest BCUT2D eigenvalue weighted by molar-refractivity contribution is 5.35. The first-order valence-electron chi connectivity index (χ1n) is 4.52. The third-order valence-corrected chi connectivity index (χ3v) is 2.09. The van der Waals surface area contributed by atoms with Crippen LogP contribution in [0.3, 0.4) is 0 Å². The summed E-state index contributed by atoms with van der Waals surface area (Å²) in [6.45, 7) is 4.10. The van der Waals surface area contributed by atoms with Crippen molar-refractivity contribution in [3.63, 3.8) is 0 Å². The lowest BCUT2D eigenvalue weighted by Crippen LogP contribution is -2.18. The summed E-state index contributed by atoms with van der Waals surface area (Å²) in [5.41, 5.74) is 8.28. The van der Waals surface area contributed by atoms with E-state index in [1.54, 1.807) is 7.11 Å². The van der Waals surface area contributed by atoms with Gasteiger partial charge < -0.3 is 10.5 Å². The van der Waals surface area contributed by atoms with E-state index < -0.39 is 0 Å². The molecule has 0 radical (unpaired) electrons. The normalized spacial score (nSPS) is 12.6. The van der Waals surface area contributed by atoms with Crippen molar-refractivity contribution in [1.29, 1.82) is 0 Å². The van der Waals surface area contributed by atoms with Crippen molar-refractivity contribution in [3.05, 3.63) is 29.3 Å². The summed E-state index contributed by atoms with van der Waals surface area (Å²) in [6, 6.07) is 6.31. The van der Waals surface area contributed by atoms with Crippen LogP contribution in [0, 0.1) is 6.92 Å². The quantitative estimate of drug-likeness (QED) is 0.769. The molecule has 2 N–H and O–H groups in total. The van der Waals surface area contributed by atoms with Gasteiger partial charge in [0.2, 0.25) is 0 Å². The second kappa shape index (κ2) is 4.28. The molecule has 0 unspecified atom stereocenters. The van der Waals surface area contributed by atoms with Crippen molar-refractivity contribution in [2.24, 2.45) is 5.73 Å². The summed E-state index contributed by atoms with van der Waals surface area (Å²) < 4.78 is 5.12. The monoisotopic (exact) mass is 179 g/mol. The Morgan fingerprint density at radius 1 is 1.46 bits per heavy atom. The van der Waals surface area contributed by atoms with E-state index in [4.69, 9.17) is 10.5 Å². The minimum Gasteiger partial charge on any atom is -0.497 e. The highest BCUT2D eigenvalue weighted by Crippen LogP contribution is 2.17. The van der Waals surface area contributed by atoms with E-state index in [0.717, 1.165) is 12.2 Å². The van der Waals surface area contributed by atoms with Crippen LogP contribution >= 0.6 is 0 Å². The molecule has 1 atom stereocenters. The van der Waals surface area contributed by atoms with Crippen LogP contribution in [0.5, 0.6) is 5.75 Å². The van der Waals surface area contributed by atoms with Crippen LogP contribution in [0.15, 0.2) is 18.2 Å². The van der Waals surface area contributed by atoms with E-state index in [1.807, 2.05) is 19.1 Å². The Kier molecular flexibility index (Phi) is 3.32. The first-order chi connectivity index (χ1) is 6.13. The highest BCUT2D eigenvalue weighted by Gasteiger charge is 2.02. The first-order valence-corrected chi connectivity index (χ1v) is 4.52. The summed E-state index contributed by atoms with van der Waals surface area (Å²) in [5.74, 6) is 0.908. The number of aryl methyl sites for hydroxylation is 1. The van der Waals surface area contributed by atoms with Crippen LogP contribution in [0.4, 0.5) is 0 Å². The van der Waals surface area contributed by atoms with Gasteiger partial charge in [0.05, 0.1) is 7.11 Å². The van der Waals surface area contributed by atoms with E-state index in [1.165, 1.54) is 11.1 Å². The number of ether oxygens (including phenoxy) is 1. The molecule has 0 bridgehead atoms. The van der Waals surface area contributed by atoms with Gasteiger partial charge in [0.25, 0.3) is 0 Å². The Labute approximate surface area is 79.7 Å². The van der Waals surface area contributed by atoms with Gasteiger partial charge in [0.15, 0.2) is 0 Å². The topological polar surface area (TPSA) is 35.2 Å². The molecular formula is C11H17NO. The average Bonchev–Trinajstić information content (AvgIpc) is 2.08. The summed E-state index contributed by atoms with van der Waals surface area (Å²) in [6.07, 6.45) is 0.926. The van der Waals surface area contributed by atoms with Crippen molar-refractivity contribution < 1.29 is 4.74 Å². The number of hydrogen-bond donors (Lipinski definition) is 1. The van der Waals surface area contributed by atoms with Crippen molar-refractivity contribution >= 4 is 0 Å². The Bertz CT molecular complexity index is 281. The van der Waals surface area contributed by atoms with Gasteiger partial charge >= 0.3 is 0 Å². The van der Waals surface area contributed by atoms with Gasteiger partial charge in [-0.25, -0.2) is 0 Å². The second-order valence-electron chi connectivity index (χ2n) is 3.47. The Morgan fingerprint density at radius 3 is 2.62 bits per heavy atom. The largest absolute Gasteiger partial charge is 0.497 e. The van der Waals surface area contributed by atoms with Gasteiger partial charge in [-0.2, -0.15) is 0 Å². The fraction of sp³-hybridized carbons (Fsp3) is 0.455. The molecule has 13 heavy (non-hydrogen) atoms. The molecule has 2 heteroatoms. The molecule has 0 amide bonds. The van der Waals surface area contributed by atoms with Gasteiger partial charge in [0, 0.05) is 6.04 Å². The summed E-state index contributed by atoms with van der Waals surface area (Å²) in [4.78, 5) is 0. The van der Waals surface area contributed by atoms with E-state index in [9.17, 15) is 0 Å². The van der Waals surface area contributed by atoms with Crippen LogP contribution in [-0.4, -0.2) is 13.2 Å². The van der Waals surface area contributed by atoms with Crippen LogP contribution < -0.4 is 10.5 Å². The molecule has 0 aliphatic heterocycles. The molecular weight excluding hydrogens is 162 g/mol. The number of methoxy groups -OCH3 is 1. The van der Waals surface area contributed by atoms with Gasteiger partial charge in [-0.05, 0) is 43.5 Å². The molecule has 2 nitrogen and oxygen atoms in total. The lowest BCUT2D eigenvalue weighted by atomic mass is 10.0. The van der Waals surface area contributed by atoms with Crippen LogP contribution in [0.2, 0.25) is 0 Å². The fourth-order valence-electron chi connectivity index (χ4n) is 1.37. The molecule has 1 aromatic rings. The summed E-state index contributed by atoms with van der Waals surface area (Å²) in [7, 11) is 1.68. The third kappa shape index (κ3) is 2.74. The minimum atomic E-state index is 0.215.